The Labute approximate surface area is 214 Å². The number of rotatable bonds is 4. The number of aliphatic imine (C=N–C) groups is 1. The maximum atomic E-state index is 14.8. The Hall–Kier alpha value is -5.25. The van der Waals surface area contributed by atoms with Crippen LogP contribution < -0.4 is 10.6 Å². The summed E-state index contributed by atoms with van der Waals surface area (Å²) in [6, 6.07) is 20.8. The molecule has 0 fully saturated rings. The van der Waals surface area contributed by atoms with Gasteiger partial charge in [0.25, 0.3) is 11.8 Å². The molecule has 10 heteroatoms. The van der Waals surface area contributed by atoms with Gasteiger partial charge in [0.2, 0.25) is 6.17 Å². The summed E-state index contributed by atoms with van der Waals surface area (Å²) < 4.78 is 30.9. The molecule has 3 aromatic carbocycles. The molecule has 8 nitrogen and oxygen atoms in total. The quantitative estimate of drug-likeness (QED) is 0.380. The summed E-state index contributed by atoms with van der Waals surface area (Å²) in [5.74, 6) is -2.71. The summed E-state index contributed by atoms with van der Waals surface area (Å²) in [4.78, 5) is 35.7. The number of aromatic nitrogens is 3. The van der Waals surface area contributed by atoms with E-state index in [0.717, 1.165) is 0 Å². The van der Waals surface area contributed by atoms with Gasteiger partial charge in [0.05, 0.1) is 11.4 Å². The van der Waals surface area contributed by atoms with Crippen LogP contribution in [0.3, 0.4) is 0 Å². The van der Waals surface area contributed by atoms with Crippen LogP contribution in [0.5, 0.6) is 0 Å². The lowest BCUT2D eigenvalue weighted by Gasteiger charge is -2.13. The molecule has 0 saturated heterocycles. The van der Waals surface area contributed by atoms with E-state index in [1.807, 2.05) is 6.07 Å². The van der Waals surface area contributed by atoms with Crippen LogP contribution in [0.1, 0.15) is 21.5 Å². The van der Waals surface area contributed by atoms with E-state index in [2.05, 4.69) is 25.7 Å². The SMILES string of the molecule is O=C(N[C@H]1N=C(c2ccccc2)c2cccc(F)c2NC1=O)c1c(-c2ccccc2F)nn2cccnc12. The van der Waals surface area contributed by atoms with Crippen LogP contribution in [0.25, 0.3) is 16.9 Å². The third-order valence-electron chi connectivity index (χ3n) is 6.09. The Kier molecular flexibility index (Phi) is 5.68. The van der Waals surface area contributed by atoms with Gasteiger partial charge in [0, 0.05) is 29.1 Å². The average Bonchev–Trinajstić information content (AvgIpc) is 3.25. The molecule has 0 unspecified atom stereocenters. The lowest BCUT2D eigenvalue weighted by atomic mass is 10.0. The van der Waals surface area contributed by atoms with Crippen molar-refractivity contribution in [3.8, 4) is 11.3 Å². The van der Waals surface area contributed by atoms with Crippen LogP contribution in [0, 0.1) is 11.6 Å². The zero-order valence-electron chi connectivity index (χ0n) is 19.6. The van der Waals surface area contributed by atoms with Gasteiger partial charge in [-0.15, -0.1) is 0 Å². The lowest BCUT2D eigenvalue weighted by Crippen LogP contribution is -2.42. The van der Waals surface area contributed by atoms with E-state index >= 15 is 0 Å². The molecule has 1 atom stereocenters. The summed E-state index contributed by atoms with van der Waals surface area (Å²) in [6.07, 6.45) is 1.62. The molecule has 3 heterocycles. The molecule has 1 aliphatic rings. The maximum Gasteiger partial charge on any atom is 0.269 e. The van der Waals surface area contributed by atoms with E-state index in [9.17, 15) is 18.4 Å². The maximum absolute atomic E-state index is 14.8. The average molecular weight is 508 g/mol. The van der Waals surface area contributed by atoms with E-state index in [1.165, 1.54) is 41.0 Å². The van der Waals surface area contributed by atoms with Crippen LogP contribution in [0.15, 0.2) is 96.2 Å². The number of benzodiazepines with no additional fused rings is 1. The first-order chi connectivity index (χ1) is 18.5. The molecule has 0 radical (unpaired) electrons. The highest BCUT2D eigenvalue weighted by Crippen LogP contribution is 2.29. The Morgan fingerprint density at radius 1 is 0.895 bits per heavy atom. The second kappa shape index (κ2) is 9.32. The number of carbonyl (C=O) groups excluding carboxylic acids is 2. The first kappa shape index (κ1) is 23.2. The number of amides is 2. The minimum Gasteiger partial charge on any atom is -0.322 e. The van der Waals surface area contributed by atoms with Gasteiger partial charge >= 0.3 is 0 Å². The van der Waals surface area contributed by atoms with Crippen LogP contribution in [0.4, 0.5) is 14.5 Å². The van der Waals surface area contributed by atoms with Crippen LogP contribution in [0.2, 0.25) is 0 Å². The van der Waals surface area contributed by atoms with Gasteiger partial charge in [0.15, 0.2) is 5.65 Å². The molecule has 5 aromatic rings. The number of anilines is 1. The van der Waals surface area contributed by atoms with Crippen molar-refractivity contribution in [1.82, 2.24) is 19.9 Å². The first-order valence-corrected chi connectivity index (χ1v) is 11.6. The number of carbonyl (C=O) groups is 2. The molecule has 2 aromatic heterocycles. The molecule has 0 spiro atoms. The molecule has 0 aliphatic carbocycles. The third-order valence-corrected chi connectivity index (χ3v) is 6.09. The van der Waals surface area contributed by atoms with E-state index in [0.29, 0.717) is 16.8 Å². The minimum absolute atomic E-state index is 0.0343. The zero-order chi connectivity index (χ0) is 26.2. The number of nitrogens with one attached hydrogen (secondary N) is 2. The van der Waals surface area contributed by atoms with E-state index in [1.54, 1.807) is 48.7 Å². The van der Waals surface area contributed by atoms with Crippen molar-refractivity contribution in [3.63, 3.8) is 0 Å². The highest BCUT2D eigenvalue weighted by atomic mass is 19.1. The number of nitrogens with zero attached hydrogens (tertiary/aromatic N) is 4. The molecule has 1 aliphatic heterocycles. The van der Waals surface area contributed by atoms with Gasteiger partial charge in [0.1, 0.15) is 22.9 Å². The van der Waals surface area contributed by atoms with Gasteiger partial charge in [-0.3, -0.25) is 9.59 Å². The fourth-order valence-corrected chi connectivity index (χ4v) is 4.36. The lowest BCUT2D eigenvalue weighted by molar-refractivity contribution is -0.117. The third kappa shape index (κ3) is 3.97. The molecule has 0 saturated carbocycles. The van der Waals surface area contributed by atoms with Crippen molar-refractivity contribution in [3.05, 3.63) is 120 Å². The summed E-state index contributed by atoms with van der Waals surface area (Å²) in [6.45, 7) is 0. The van der Waals surface area contributed by atoms with Crippen molar-refractivity contribution in [2.75, 3.05) is 5.32 Å². The normalized spacial score (nSPS) is 14.8. The van der Waals surface area contributed by atoms with Gasteiger partial charge in [-0.05, 0) is 24.3 Å². The highest BCUT2D eigenvalue weighted by molar-refractivity contribution is 6.20. The molecule has 2 amide bonds. The van der Waals surface area contributed by atoms with Gasteiger partial charge in [-0.1, -0.05) is 54.6 Å². The highest BCUT2D eigenvalue weighted by Gasteiger charge is 2.31. The van der Waals surface area contributed by atoms with E-state index in [4.69, 9.17) is 0 Å². The summed E-state index contributed by atoms with van der Waals surface area (Å²) in [5.41, 5.74) is 1.54. The zero-order valence-corrected chi connectivity index (χ0v) is 19.6. The Bertz CT molecular complexity index is 1750. The van der Waals surface area contributed by atoms with Crippen LogP contribution >= 0.6 is 0 Å². The number of fused-ring (bicyclic) bond motifs is 2. The van der Waals surface area contributed by atoms with Gasteiger partial charge in [-0.25, -0.2) is 23.3 Å². The second-order valence-corrected chi connectivity index (χ2v) is 8.46. The molecule has 0 bridgehead atoms. The fraction of sp³-hybridized carbons (Fsp3) is 0.0357. The Morgan fingerprint density at radius 3 is 2.45 bits per heavy atom. The predicted molar refractivity (Wildman–Crippen MR) is 137 cm³/mol. The predicted octanol–water partition coefficient (Wildman–Crippen LogP) is 4.22. The van der Waals surface area contributed by atoms with Gasteiger partial charge < -0.3 is 10.6 Å². The van der Waals surface area contributed by atoms with Gasteiger partial charge in [-0.2, -0.15) is 5.10 Å². The smallest absolute Gasteiger partial charge is 0.269 e. The van der Waals surface area contributed by atoms with Crippen LogP contribution in [-0.4, -0.2) is 38.3 Å². The monoisotopic (exact) mass is 508 g/mol. The topological polar surface area (TPSA) is 101 Å². The van der Waals surface area contributed by atoms with Crippen molar-refractivity contribution in [2.45, 2.75) is 6.17 Å². The molecule has 38 heavy (non-hydrogen) atoms. The number of benzene rings is 3. The summed E-state index contributed by atoms with van der Waals surface area (Å²) in [7, 11) is 0. The van der Waals surface area contributed by atoms with Crippen LogP contribution in [-0.2, 0) is 4.79 Å². The van der Waals surface area contributed by atoms with Crippen molar-refractivity contribution in [1.29, 1.82) is 0 Å². The molecular weight excluding hydrogens is 490 g/mol. The standard InChI is InChI=1S/C28H18F2N6O2/c29-19-12-5-4-10-17(19)24-21(26-31-14-7-15-36(26)35-24)27(37)34-25-28(38)33-23-18(11-6-13-20(23)30)22(32-25)16-8-2-1-3-9-16/h1-15,25H,(H,33,38)(H,34,37)/t25-/m1/s1. The Balaban J connectivity index is 1.46. The first-order valence-electron chi connectivity index (χ1n) is 11.6. The largest absolute Gasteiger partial charge is 0.322 e. The Morgan fingerprint density at radius 2 is 1.63 bits per heavy atom. The molecular formula is C28H18F2N6O2. The second-order valence-electron chi connectivity index (χ2n) is 8.46. The molecule has 6 rings (SSSR count). The number of halogens is 2. The minimum atomic E-state index is -1.43. The van der Waals surface area contributed by atoms with Crippen molar-refractivity contribution in [2.24, 2.45) is 4.99 Å². The fourth-order valence-electron chi connectivity index (χ4n) is 4.36. The van der Waals surface area contributed by atoms with E-state index in [-0.39, 0.29) is 28.2 Å². The summed E-state index contributed by atoms with van der Waals surface area (Å²) >= 11 is 0. The molecule has 2 N–H and O–H groups in total. The summed E-state index contributed by atoms with van der Waals surface area (Å²) in [5, 5.41) is 9.52. The van der Waals surface area contributed by atoms with E-state index < -0.39 is 29.6 Å². The number of hydrogen-bond acceptors (Lipinski definition) is 5. The number of para-hydroxylation sites is 1. The number of hydrogen-bond donors (Lipinski definition) is 2. The molecule has 186 valence electrons. The van der Waals surface area contributed by atoms with Crippen molar-refractivity contribution < 1.29 is 18.4 Å². The van der Waals surface area contributed by atoms with Crippen molar-refractivity contribution >= 4 is 28.9 Å².